The molecule has 0 aromatic carbocycles. The summed E-state index contributed by atoms with van der Waals surface area (Å²) in [6, 6.07) is 0. The Balaban J connectivity index is 1.92. The van der Waals surface area contributed by atoms with Gasteiger partial charge in [-0.2, -0.15) is 0 Å². The van der Waals surface area contributed by atoms with E-state index in [0.29, 0.717) is 17.3 Å². The van der Waals surface area contributed by atoms with Crippen LogP contribution < -0.4 is 0 Å². The summed E-state index contributed by atoms with van der Waals surface area (Å²) in [4.78, 5) is 11.8. The zero-order valence-electron chi connectivity index (χ0n) is 11.2. The average Bonchev–Trinajstić information content (AvgIpc) is 2.54. The fraction of sp³-hybridized carbons (Fsp3) is 0.933. The zero-order chi connectivity index (χ0) is 12.2. The van der Waals surface area contributed by atoms with Crippen LogP contribution in [0.4, 0.5) is 0 Å². The van der Waals surface area contributed by atoms with E-state index in [1.807, 2.05) is 0 Å². The highest BCUT2D eigenvalue weighted by Gasteiger charge is 2.56. The van der Waals surface area contributed by atoms with Gasteiger partial charge in [-0.3, -0.25) is 4.79 Å². The number of ether oxygens (including phenoxy) is 1. The predicted molar refractivity (Wildman–Crippen MR) is 66.4 cm³/mol. The highest BCUT2D eigenvalue weighted by atomic mass is 16.6. The van der Waals surface area contributed by atoms with Gasteiger partial charge < -0.3 is 4.74 Å². The second-order valence-electron chi connectivity index (χ2n) is 6.94. The van der Waals surface area contributed by atoms with Crippen molar-refractivity contribution in [2.45, 2.75) is 59.0 Å². The molecule has 3 fully saturated rings. The lowest BCUT2D eigenvalue weighted by molar-refractivity contribution is -0.152. The van der Waals surface area contributed by atoms with Crippen molar-refractivity contribution in [3.8, 4) is 0 Å². The van der Waals surface area contributed by atoms with Crippen molar-refractivity contribution in [3.05, 3.63) is 0 Å². The maximum Gasteiger partial charge on any atom is 0.309 e. The standard InChI is InChI=1S/C15H24O2/c1-9-5-4-7-15(3)8-6-11-10(2)14(16)17-13(11)12(9)15/h9-13H,4-8H2,1-3H3/t9-,10-,11-,12-,13-,15-/m0/s1. The molecule has 6 atom stereocenters. The van der Waals surface area contributed by atoms with Gasteiger partial charge in [-0.15, -0.1) is 0 Å². The largest absolute Gasteiger partial charge is 0.462 e. The molecule has 2 saturated carbocycles. The van der Waals surface area contributed by atoms with Gasteiger partial charge in [-0.05, 0) is 30.6 Å². The van der Waals surface area contributed by atoms with Crippen molar-refractivity contribution in [2.24, 2.45) is 29.1 Å². The van der Waals surface area contributed by atoms with Gasteiger partial charge in [0.1, 0.15) is 6.10 Å². The number of rotatable bonds is 0. The molecule has 96 valence electrons. The van der Waals surface area contributed by atoms with Crippen molar-refractivity contribution in [3.63, 3.8) is 0 Å². The van der Waals surface area contributed by atoms with Crippen LogP contribution in [0.3, 0.4) is 0 Å². The summed E-state index contributed by atoms with van der Waals surface area (Å²) in [5.74, 6) is 2.03. The van der Waals surface area contributed by atoms with Crippen LogP contribution in [0, 0.1) is 29.1 Å². The Morgan fingerprint density at radius 3 is 2.76 bits per heavy atom. The lowest BCUT2D eigenvalue weighted by Crippen LogP contribution is -2.49. The molecule has 1 heterocycles. The van der Waals surface area contributed by atoms with Crippen LogP contribution in [-0.2, 0) is 9.53 Å². The van der Waals surface area contributed by atoms with Gasteiger partial charge in [0.05, 0.1) is 5.92 Å². The lowest BCUT2D eigenvalue weighted by atomic mass is 9.53. The highest BCUT2D eigenvalue weighted by Crippen LogP contribution is 2.57. The summed E-state index contributed by atoms with van der Waals surface area (Å²) in [6.45, 7) is 6.85. The van der Waals surface area contributed by atoms with E-state index >= 15 is 0 Å². The summed E-state index contributed by atoms with van der Waals surface area (Å²) < 4.78 is 5.74. The maximum atomic E-state index is 11.8. The van der Waals surface area contributed by atoms with E-state index in [2.05, 4.69) is 20.8 Å². The molecule has 2 aliphatic carbocycles. The number of fused-ring (bicyclic) bond motifs is 3. The predicted octanol–water partition coefficient (Wildman–Crippen LogP) is 3.40. The normalized spacial score (nSPS) is 53.8. The van der Waals surface area contributed by atoms with Crippen LogP contribution in [0.25, 0.3) is 0 Å². The van der Waals surface area contributed by atoms with E-state index in [9.17, 15) is 4.79 Å². The molecule has 17 heavy (non-hydrogen) atoms. The molecular weight excluding hydrogens is 212 g/mol. The first-order chi connectivity index (χ1) is 8.03. The quantitative estimate of drug-likeness (QED) is 0.603. The number of hydrogen-bond acceptors (Lipinski definition) is 2. The first kappa shape index (κ1) is 11.6. The van der Waals surface area contributed by atoms with Gasteiger partial charge in [0.15, 0.2) is 0 Å². The zero-order valence-corrected chi connectivity index (χ0v) is 11.2. The van der Waals surface area contributed by atoms with Crippen molar-refractivity contribution >= 4 is 5.97 Å². The van der Waals surface area contributed by atoms with E-state index in [-0.39, 0.29) is 18.0 Å². The van der Waals surface area contributed by atoms with Gasteiger partial charge in [-0.25, -0.2) is 0 Å². The second kappa shape index (κ2) is 3.73. The molecule has 0 aromatic rings. The molecule has 2 nitrogen and oxygen atoms in total. The third-order valence-electron chi connectivity index (χ3n) is 5.92. The van der Waals surface area contributed by atoms with Crippen LogP contribution in [0.5, 0.6) is 0 Å². The van der Waals surface area contributed by atoms with Gasteiger partial charge >= 0.3 is 5.97 Å². The molecule has 3 rings (SSSR count). The number of carbonyl (C=O) groups excluding carboxylic acids is 1. The van der Waals surface area contributed by atoms with E-state index in [4.69, 9.17) is 4.74 Å². The third kappa shape index (κ3) is 1.56. The Bertz CT molecular complexity index is 338. The van der Waals surface area contributed by atoms with Crippen molar-refractivity contribution in [1.29, 1.82) is 0 Å². The van der Waals surface area contributed by atoms with E-state index < -0.39 is 0 Å². The molecule has 3 aliphatic rings. The topological polar surface area (TPSA) is 26.3 Å². The summed E-state index contributed by atoms with van der Waals surface area (Å²) in [7, 11) is 0. The highest BCUT2D eigenvalue weighted by molar-refractivity contribution is 5.75. The minimum Gasteiger partial charge on any atom is -0.462 e. The van der Waals surface area contributed by atoms with Crippen LogP contribution in [-0.4, -0.2) is 12.1 Å². The van der Waals surface area contributed by atoms with Gasteiger partial charge in [0.2, 0.25) is 0 Å². The van der Waals surface area contributed by atoms with Crippen LogP contribution in [0.1, 0.15) is 52.9 Å². The van der Waals surface area contributed by atoms with Crippen molar-refractivity contribution < 1.29 is 9.53 Å². The molecule has 0 unspecified atom stereocenters. The summed E-state index contributed by atoms with van der Waals surface area (Å²) in [5.41, 5.74) is 0.434. The van der Waals surface area contributed by atoms with Crippen molar-refractivity contribution in [1.82, 2.24) is 0 Å². The van der Waals surface area contributed by atoms with E-state index in [0.717, 1.165) is 5.92 Å². The van der Waals surface area contributed by atoms with Crippen LogP contribution in [0.15, 0.2) is 0 Å². The molecule has 1 aliphatic heterocycles. The number of esters is 1. The Morgan fingerprint density at radius 2 is 2.00 bits per heavy atom. The minimum absolute atomic E-state index is 0.0574. The summed E-state index contributed by atoms with van der Waals surface area (Å²) in [6.07, 6.45) is 6.72. The molecule has 0 aromatic heterocycles. The Morgan fingerprint density at radius 1 is 1.24 bits per heavy atom. The molecule has 1 saturated heterocycles. The minimum atomic E-state index is 0.0574. The molecule has 0 bridgehead atoms. The molecule has 0 N–H and O–H groups in total. The Labute approximate surface area is 104 Å². The van der Waals surface area contributed by atoms with E-state index in [1.54, 1.807) is 0 Å². The summed E-state index contributed by atoms with van der Waals surface area (Å²) >= 11 is 0. The second-order valence-corrected chi connectivity index (χ2v) is 6.94. The van der Waals surface area contributed by atoms with E-state index in [1.165, 1.54) is 32.1 Å². The summed E-state index contributed by atoms with van der Waals surface area (Å²) in [5, 5.41) is 0. The Hall–Kier alpha value is -0.530. The molecular formula is C15H24O2. The van der Waals surface area contributed by atoms with Crippen LogP contribution >= 0.6 is 0 Å². The molecule has 0 amide bonds. The number of hydrogen-bond donors (Lipinski definition) is 0. The molecule has 2 heteroatoms. The maximum absolute atomic E-state index is 11.8. The molecule has 0 spiro atoms. The first-order valence-electron chi connectivity index (χ1n) is 7.23. The number of carbonyl (C=O) groups is 1. The lowest BCUT2D eigenvalue weighted by Gasteiger charge is -2.52. The SMILES string of the molecule is C[C@@H]1C(=O)O[C@H]2[C@H]1CC[C@]1(C)CCC[C@H](C)[C@@H]21. The van der Waals surface area contributed by atoms with Gasteiger partial charge in [-0.1, -0.05) is 33.6 Å². The molecule has 0 radical (unpaired) electrons. The first-order valence-corrected chi connectivity index (χ1v) is 7.23. The third-order valence-corrected chi connectivity index (χ3v) is 5.92. The smallest absolute Gasteiger partial charge is 0.309 e. The fourth-order valence-electron chi connectivity index (χ4n) is 4.91. The van der Waals surface area contributed by atoms with Crippen molar-refractivity contribution in [2.75, 3.05) is 0 Å². The Kier molecular flexibility index (Phi) is 2.53. The average molecular weight is 236 g/mol. The van der Waals surface area contributed by atoms with Gasteiger partial charge in [0, 0.05) is 11.8 Å². The fourth-order valence-corrected chi connectivity index (χ4v) is 4.91. The van der Waals surface area contributed by atoms with Gasteiger partial charge in [0.25, 0.3) is 0 Å². The monoisotopic (exact) mass is 236 g/mol. The van der Waals surface area contributed by atoms with Crippen LogP contribution in [0.2, 0.25) is 0 Å².